The second-order valence-electron chi connectivity index (χ2n) is 5.28. The van der Waals surface area contributed by atoms with Gasteiger partial charge in [0.25, 0.3) is 5.56 Å². The van der Waals surface area contributed by atoms with Crippen molar-refractivity contribution in [3.8, 4) is 11.3 Å². The third-order valence-corrected chi connectivity index (χ3v) is 2.95. The first-order valence-corrected chi connectivity index (χ1v) is 6.47. The minimum Gasteiger partial charge on any atom is -0.384 e. The molecule has 0 unspecified atom stereocenters. The van der Waals surface area contributed by atoms with E-state index in [-0.39, 0.29) is 17.0 Å². The molecule has 0 amide bonds. The molecule has 6 nitrogen and oxygen atoms in total. The zero-order valence-electron chi connectivity index (χ0n) is 11.9. The van der Waals surface area contributed by atoms with Gasteiger partial charge >= 0.3 is 0 Å². The minimum absolute atomic E-state index is 0.216. The van der Waals surface area contributed by atoms with Crippen molar-refractivity contribution in [2.75, 3.05) is 0 Å². The lowest BCUT2D eigenvalue weighted by molar-refractivity contribution is 0.511. The van der Waals surface area contributed by atoms with Gasteiger partial charge in [-0.15, -0.1) is 0 Å². The fourth-order valence-corrected chi connectivity index (χ4v) is 2.07. The van der Waals surface area contributed by atoms with Crippen LogP contribution in [0.15, 0.2) is 29.3 Å². The second kappa shape index (κ2) is 5.32. The number of nitrogen functional groups attached to an aromatic ring is 1. The van der Waals surface area contributed by atoms with Crippen molar-refractivity contribution in [2.24, 2.45) is 18.7 Å². The van der Waals surface area contributed by atoms with Gasteiger partial charge in [0.1, 0.15) is 5.84 Å². The van der Waals surface area contributed by atoms with Crippen LogP contribution in [0.2, 0.25) is 0 Å². The van der Waals surface area contributed by atoms with Gasteiger partial charge in [-0.2, -0.15) is 5.10 Å². The monoisotopic (exact) mass is 273 g/mol. The Bertz CT molecular complexity index is 696. The van der Waals surface area contributed by atoms with E-state index >= 15 is 0 Å². The highest BCUT2D eigenvalue weighted by molar-refractivity contribution is 5.95. The molecule has 3 N–H and O–H groups in total. The number of rotatable bonds is 4. The molecule has 0 saturated heterocycles. The minimum atomic E-state index is -0.231. The summed E-state index contributed by atoms with van der Waals surface area (Å²) in [5, 5.41) is 11.9. The molecule has 2 aromatic heterocycles. The van der Waals surface area contributed by atoms with Crippen LogP contribution in [0.4, 0.5) is 0 Å². The predicted octanol–water partition coefficient (Wildman–Crippen LogP) is 1.19. The maximum absolute atomic E-state index is 12.3. The van der Waals surface area contributed by atoms with E-state index in [0.29, 0.717) is 12.5 Å². The van der Waals surface area contributed by atoms with Crippen molar-refractivity contribution in [2.45, 2.75) is 20.4 Å². The van der Waals surface area contributed by atoms with Crippen molar-refractivity contribution in [1.82, 2.24) is 14.3 Å². The molecule has 0 aliphatic carbocycles. The standard InChI is InChI=1S/C14H19N5O/c1-9(2)7-19-8-10(12-4-5-18(3)17-12)6-11(13(15)16)14(19)20/h4-6,8-9H,7H2,1-3H3,(H3,15,16). The van der Waals surface area contributed by atoms with E-state index in [1.165, 1.54) is 0 Å². The number of aryl methyl sites for hydroxylation is 1. The third kappa shape index (κ3) is 2.79. The smallest absolute Gasteiger partial charge is 0.261 e. The summed E-state index contributed by atoms with van der Waals surface area (Å²) >= 11 is 0. The Morgan fingerprint density at radius 1 is 1.50 bits per heavy atom. The van der Waals surface area contributed by atoms with Gasteiger partial charge in [-0.25, -0.2) is 0 Å². The molecule has 20 heavy (non-hydrogen) atoms. The molecule has 0 radical (unpaired) electrons. The third-order valence-electron chi connectivity index (χ3n) is 2.95. The number of nitrogens with two attached hydrogens (primary N) is 1. The number of nitrogens with zero attached hydrogens (tertiary/aromatic N) is 3. The number of aromatic nitrogens is 3. The average Bonchev–Trinajstić information content (AvgIpc) is 2.77. The second-order valence-corrected chi connectivity index (χ2v) is 5.28. The van der Waals surface area contributed by atoms with Gasteiger partial charge in [0, 0.05) is 31.5 Å². The number of hydrogen-bond donors (Lipinski definition) is 2. The first-order valence-electron chi connectivity index (χ1n) is 6.47. The van der Waals surface area contributed by atoms with Crippen molar-refractivity contribution in [1.29, 1.82) is 5.41 Å². The molecule has 6 heteroatoms. The Hall–Kier alpha value is -2.37. The van der Waals surface area contributed by atoms with E-state index in [9.17, 15) is 4.79 Å². The van der Waals surface area contributed by atoms with Gasteiger partial charge < -0.3 is 10.3 Å². The van der Waals surface area contributed by atoms with E-state index in [4.69, 9.17) is 11.1 Å². The topological polar surface area (TPSA) is 89.7 Å². The van der Waals surface area contributed by atoms with Crippen LogP contribution in [0.3, 0.4) is 0 Å². The SMILES string of the molecule is CC(C)Cn1cc(-c2ccn(C)n2)cc(C(=N)N)c1=O. The van der Waals surface area contributed by atoms with Gasteiger partial charge in [-0.05, 0) is 18.1 Å². The fraction of sp³-hybridized carbons (Fsp3) is 0.357. The van der Waals surface area contributed by atoms with Crippen molar-refractivity contribution < 1.29 is 0 Å². The summed E-state index contributed by atoms with van der Waals surface area (Å²) in [6.45, 7) is 4.65. The number of nitrogens with one attached hydrogen (secondary N) is 1. The Kier molecular flexibility index (Phi) is 3.74. The highest BCUT2D eigenvalue weighted by Gasteiger charge is 2.12. The molecule has 0 saturated carbocycles. The largest absolute Gasteiger partial charge is 0.384 e. The molecule has 0 bridgehead atoms. The molecule has 0 aliphatic rings. The first-order chi connectivity index (χ1) is 9.38. The zero-order valence-corrected chi connectivity index (χ0v) is 11.9. The summed E-state index contributed by atoms with van der Waals surface area (Å²) in [7, 11) is 1.83. The Morgan fingerprint density at radius 2 is 2.20 bits per heavy atom. The molecule has 0 fully saturated rings. The Labute approximate surface area is 117 Å². The molecule has 106 valence electrons. The van der Waals surface area contributed by atoms with Gasteiger partial charge in [0.2, 0.25) is 0 Å². The highest BCUT2D eigenvalue weighted by atomic mass is 16.1. The Morgan fingerprint density at radius 3 is 2.70 bits per heavy atom. The average molecular weight is 273 g/mol. The van der Waals surface area contributed by atoms with Crippen LogP contribution < -0.4 is 11.3 Å². The fourth-order valence-electron chi connectivity index (χ4n) is 2.07. The van der Waals surface area contributed by atoms with E-state index in [1.54, 1.807) is 21.5 Å². The quantitative estimate of drug-likeness (QED) is 0.647. The summed E-state index contributed by atoms with van der Waals surface area (Å²) in [5.74, 6) is 0.108. The molecule has 2 aromatic rings. The maximum Gasteiger partial charge on any atom is 0.261 e. The lowest BCUT2D eigenvalue weighted by atomic mass is 10.1. The Balaban J connectivity index is 2.61. The van der Waals surface area contributed by atoms with Crippen molar-refractivity contribution in [3.05, 3.63) is 40.4 Å². The molecular formula is C14H19N5O. The van der Waals surface area contributed by atoms with E-state index < -0.39 is 0 Å². The molecule has 0 atom stereocenters. The lowest BCUT2D eigenvalue weighted by Crippen LogP contribution is -2.30. The van der Waals surface area contributed by atoms with Crippen LogP contribution in [0, 0.1) is 11.3 Å². The number of pyridine rings is 1. The van der Waals surface area contributed by atoms with Gasteiger partial charge in [0.05, 0.1) is 11.3 Å². The van der Waals surface area contributed by atoms with Gasteiger partial charge in [-0.3, -0.25) is 14.9 Å². The van der Waals surface area contributed by atoms with Crippen LogP contribution in [-0.2, 0) is 13.6 Å². The number of amidine groups is 1. The molecule has 0 spiro atoms. The zero-order chi connectivity index (χ0) is 14.9. The predicted molar refractivity (Wildman–Crippen MR) is 78.8 cm³/mol. The van der Waals surface area contributed by atoms with E-state index in [1.807, 2.05) is 33.2 Å². The summed E-state index contributed by atoms with van der Waals surface area (Å²) in [4.78, 5) is 12.3. The van der Waals surface area contributed by atoms with Crippen LogP contribution in [0.5, 0.6) is 0 Å². The van der Waals surface area contributed by atoms with E-state index in [0.717, 1.165) is 11.3 Å². The van der Waals surface area contributed by atoms with E-state index in [2.05, 4.69) is 5.10 Å². The number of hydrogen-bond acceptors (Lipinski definition) is 3. The van der Waals surface area contributed by atoms with Crippen molar-refractivity contribution in [3.63, 3.8) is 0 Å². The molecule has 2 rings (SSSR count). The summed E-state index contributed by atoms with van der Waals surface area (Å²) in [6.07, 6.45) is 3.61. The summed E-state index contributed by atoms with van der Waals surface area (Å²) < 4.78 is 3.30. The van der Waals surface area contributed by atoms with Crippen molar-refractivity contribution >= 4 is 5.84 Å². The first kappa shape index (κ1) is 14.0. The molecule has 0 aromatic carbocycles. The van der Waals surface area contributed by atoms with Crippen LogP contribution >= 0.6 is 0 Å². The van der Waals surface area contributed by atoms with Crippen LogP contribution in [0.1, 0.15) is 19.4 Å². The normalized spacial score (nSPS) is 11.0. The summed E-state index contributed by atoms with van der Waals surface area (Å²) in [6, 6.07) is 3.49. The molecule has 2 heterocycles. The van der Waals surface area contributed by atoms with Gasteiger partial charge in [-0.1, -0.05) is 13.8 Å². The maximum atomic E-state index is 12.3. The molecule has 0 aliphatic heterocycles. The lowest BCUT2D eigenvalue weighted by Gasteiger charge is -2.12. The molecular weight excluding hydrogens is 254 g/mol. The van der Waals surface area contributed by atoms with Crippen LogP contribution in [0.25, 0.3) is 11.3 Å². The van der Waals surface area contributed by atoms with Gasteiger partial charge in [0.15, 0.2) is 0 Å². The van der Waals surface area contributed by atoms with Crippen LogP contribution in [-0.4, -0.2) is 20.2 Å². The summed E-state index contributed by atoms with van der Waals surface area (Å²) in [5.41, 5.74) is 7.04. The highest BCUT2D eigenvalue weighted by Crippen LogP contribution is 2.17.